The molecule has 3 aromatic rings. The van der Waals surface area contributed by atoms with E-state index in [0.29, 0.717) is 24.1 Å². The Bertz CT molecular complexity index is 1070. The first-order chi connectivity index (χ1) is 15.4. The van der Waals surface area contributed by atoms with Crippen molar-refractivity contribution in [3.63, 3.8) is 0 Å². The summed E-state index contributed by atoms with van der Waals surface area (Å²) < 4.78 is 0. The van der Waals surface area contributed by atoms with Gasteiger partial charge in [-0.05, 0) is 70.7 Å². The smallest absolute Gasteiger partial charge is 0.335 e. The van der Waals surface area contributed by atoms with E-state index in [1.165, 1.54) is 16.7 Å². The number of aliphatic hydroxyl groups excluding tert-OH is 1. The molecule has 0 bridgehead atoms. The molecule has 4 heteroatoms. The summed E-state index contributed by atoms with van der Waals surface area (Å²) in [6.45, 7) is 4.88. The minimum Gasteiger partial charge on any atom is -0.478 e. The largest absolute Gasteiger partial charge is 0.478 e. The lowest BCUT2D eigenvalue weighted by Crippen LogP contribution is -2.37. The van der Waals surface area contributed by atoms with Crippen molar-refractivity contribution in [2.45, 2.75) is 51.2 Å². The van der Waals surface area contributed by atoms with Crippen LogP contribution in [0.25, 0.3) is 11.1 Å². The lowest BCUT2D eigenvalue weighted by atomic mass is 9.86. The lowest BCUT2D eigenvalue weighted by Gasteiger charge is -2.27. The van der Waals surface area contributed by atoms with Crippen molar-refractivity contribution in [2.75, 3.05) is 6.54 Å². The Kier molecular flexibility index (Phi) is 6.73. The van der Waals surface area contributed by atoms with E-state index in [4.69, 9.17) is 5.11 Å². The third-order valence-corrected chi connectivity index (χ3v) is 6.49. The zero-order chi connectivity index (χ0) is 22.7. The molecule has 0 saturated carbocycles. The number of carbonyl (C=O) groups is 1. The van der Waals surface area contributed by atoms with Gasteiger partial charge in [0.15, 0.2) is 0 Å². The average Bonchev–Trinajstić information content (AvgIpc) is 2.82. The Morgan fingerprint density at radius 3 is 2.25 bits per heavy atom. The van der Waals surface area contributed by atoms with Gasteiger partial charge in [0.05, 0.1) is 11.7 Å². The average molecular weight is 430 g/mol. The predicted molar refractivity (Wildman–Crippen MR) is 128 cm³/mol. The van der Waals surface area contributed by atoms with Gasteiger partial charge < -0.3 is 15.5 Å². The molecule has 2 atom stereocenters. The summed E-state index contributed by atoms with van der Waals surface area (Å²) in [5.41, 5.74) is 7.35. The molecular formula is C28H31NO3. The highest BCUT2D eigenvalue weighted by Gasteiger charge is 2.20. The van der Waals surface area contributed by atoms with Gasteiger partial charge in [-0.25, -0.2) is 4.79 Å². The number of fused-ring (bicyclic) bond motifs is 1. The lowest BCUT2D eigenvalue weighted by molar-refractivity contribution is 0.0697. The highest BCUT2D eigenvalue weighted by atomic mass is 16.4. The van der Waals surface area contributed by atoms with Gasteiger partial charge in [-0.15, -0.1) is 0 Å². The van der Waals surface area contributed by atoms with E-state index in [-0.39, 0.29) is 0 Å². The van der Waals surface area contributed by atoms with Crippen molar-refractivity contribution in [1.29, 1.82) is 0 Å². The number of rotatable bonds is 7. The molecule has 0 radical (unpaired) electrons. The number of aryl methyl sites for hydroxylation is 1. The SMILES string of the molecule is CC(C)c1ccc([C@H](O)CN[C@H]2CCc3ccc(-c4ccc(C(=O)O)cc4)cc3C2)cc1. The van der Waals surface area contributed by atoms with Crippen LogP contribution in [0.3, 0.4) is 0 Å². The summed E-state index contributed by atoms with van der Waals surface area (Å²) in [5.74, 6) is -0.421. The van der Waals surface area contributed by atoms with Gasteiger partial charge in [0.2, 0.25) is 0 Å². The molecule has 1 aliphatic carbocycles. The van der Waals surface area contributed by atoms with Crippen LogP contribution in [0.2, 0.25) is 0 Å². The van der Waals surface area contributed by atoms with Gasteiger partial charge in [0.25, 0.3) is 0 Å². The zero-order valence-corrected chi connectivity index (χ0v) is 18.7. The van der Waals surface area contributed by atoms with E-state index in [1.807, 2.05) is 24.3 Å². The van der Waals surface area contributed by atoms with Crippen LogP contribution in [0, 0.1) is 0 Å². The molecule has 0 unspecified atom stereocenters. The van der Waals surface area contributed by atoms with Crippen LogP contribution in [0.5, 0.6) is 0 Å². The second-order valence-corrected chi connectivity index (χ2v) is 9.05. The van der Waals surface area contributed by atoms with Gasteiger partial charge in [-0.1, -0.05) is 68.4 Å². The first-order valence-electron chi connectivity index (χ1n) is 11.4. The minimum atomic E-state index is -0.908. The van der Waals surface area contributed by atoms with Crippen LogP contribution < -0.4 is 5.32 Å². The molecule has 0 heterocycles. The van der Waals surface area contributed by atoms with Crippen LogP contribution in [-0.4, -0.2) is 28.8 Å². The normalized spacial score (nSPS) is 16.6. The molecule has 3 N–H and O–H groups in total. The fourth-order valence-corrected chi connectivity index (χ4v) is 4.42. The zero-order valence-electron chi connectivity index (χ0n) is 18.7. The number of hydrogen-bond acceptors (Lipinski definition) is 3. The predicted octanol–water partition coefficient (Wildman–Crippen LogP) is 5.36. The molecule has 4 nitrogen and oxygen atoms in total. The molecule has 166 valence electrons. The Labute approximate surface area is 189 Å². The standard InChI is InChI=1S/C28H31NO3/c1-18(2)19-3-8-22(9-4-19)27(30)17-29-26-14-13-21-7-12-24(15-25(21)16-26)20-5-10-23(11-6-20)28(31)32/h3-12,15,18,26-27,29-30H,13-14,16-17H2,1-2H3,(H,31,32)/t26-,27+/m0/s1. The van der Waals surface area contributed by atoms with Gasteiger partial charge in [0.1, 0.15) is 0 Å². The number of aliphatic hydroxyl groups is 1. The first-order valence-corrected chi connectivity index (χ1v) is 11.4. The highest BCUT2D eigenvalue weighted by Crippen LogP contribution is 2.28. The van der Waals surface area contributed by atoms with Crippen molar-refractivity contribution < 1.29 is 15.0 Å². The van der Waals surface area contributed by atoms with Crippen molar-refractivity contribution >= 4 is 5.97 Å². The molecule has 0 fully saturated rings. The number of nitrogens with one attached hydrogen (secondary N) is 1. The summed E-state index contributed by atoms with van der Waals surface area (Å²) in [7, 11) is 0. The summed E-state index contributed by atoms with van der Waals surface area (Å²) >= 11 is 0. The molecule has 4 rings (SSSR count). The van der Waals surface area contributed by atoms with Crippen LogP contribution in [0.15, 0.2) is 66.7 Å². The van der Waals surface area contributed by atoms with Gasteiger partial charge in [-0.2, -0.15) is 0 Å². The van der Waals surface area contributed by atoms with E-state index in [9.17, 15) is 9.90 Å². The second kappa shape index (κ2) is 9.68. The molecular weight excluding hydrogens is 398 g/mol. The van der Waals surface area contributed by atoms with E-state index in [0.717, 1.165) is 36.0 Å². The van der Waals surface area contributed by atoms with E-state index in [2.05, 4.69) is 49.5 Å². The summed E-state index contributed by atoms with van der Waals surface area (Å²) in [6, 6.07) is 22.2. The van der Waals surface area contributed by atoms with Crippen molar-refractivity contribution in [3.8, 4) is 11.1 Å². The first kappa shape index (κ1) is 22.3. The summed E-state index contributed by atoms with van der Waals surface area (Å²) in [5, 5.41) is 23.3. The van der Waals surface area contributed by atoms with Crippen molar-refractivity contribution in [2.24, 2.45) is 0 Å². The number of hydrogen-bond donors (Lipinski definition) is 3. The van der Waals surface area contributed by atoms with Crippen molar-refractivity contribution in [3.05, 3.63) is 94.5 Å². The quantitative estimate of drug-likeness (QED) is 0.473. The van der Waals surface area contributed by atoms with Crippen LogP contribution in [0.1, 0.15) is 64.9 Å². The number of benzene rings is 3. The number of carboxylic acids is 1. The fourth-order valence-electron chi connectivity index (χ4n) is 4.42. The molecule has 0 amide bonds. The topological polar surface area (TPSA) is 69.6 Å². The maximum absolute atomic E-state index is 11.1. The van der Waals surface area contributed by atoms with Gasteiger partial charge in [0, 0.05) is 12.6 Å². The summed E-state index contributed by atoms with van der Waals surface area (Å²) in [4.78, 5) is 11.1. The van der Waals surface area contributed by atoms with Crippen LogP contribution in [-0.2, 0) is 12.8 Å². The molecule has 32 heavy (non-hydrogen) atoms. The van der Waals surface area contributed by atoms with Crippen LogP contribution in [0.4, 0.5) is 0 Å². The fraction of sp³-hybridized carbons (Fsp3) is 0.321. The maximum Gasteiger partial charge on any atom is 0.335 e. The molecule has 0 aliphatic heterocycles. The second-order valence-electron chi connectivity index (χ2n) is 9.05. The molecule has 1 aliphatic rings. The van der Waals surface area contributed by atoms with E-state index < -0.39 is 12.1 Å². The molecule has 0 saturated heterocycles. The number of carboxylic acid groups (broad SMARTS) is 1. The maximum atomic E-state index is 11.1. The summed E-state index contributed by atoms with van der Waals surface area (Å²) in [6.07, 6.45) is 2.48. The van der Waals surface area contributed by atoms with E-state index >= 15 is 0 Å². The Morgan fingerprint density at radius 1 is 0.938 bits per heavy atom. The molecule has 0 spiro atoms. The Morgan fingerprint density at radius 2 is 1.59 bits per heavy atom. The number of aromatic carboxylic acids is 1. The Hall–Kier alpha value is -2.95. The molecule has 3 aromatic carbocycles. The minimum absolute atomic E-state index is 0.299. The van der Waals surface area contributed by atoms with Gasteiger partial charge >= 0.3 is 5.97 Å². The monoisotopic (exact) mass is 429 g/mol. The van der Waals surface area contributed by atoms with Crippen LogP contribution >= 0.6 is 0 Å². The van der Waals surface area contributed by atoms with Gasteiger partial charge in [-0.3, -0.25) is 0 Å². The van der Waals surface area contributed by atoms with E-state index in [1.54, 1.807) is 12.1 Å². The highest BCUT2D eigenvalue weighted by molar-refractivity contribution is 5.88. The third kappa shape index (κ3) is 5.09. The molecule has 0 aromatic heterocycles. The Balaban J connectivity index is 1.39. The van der Waals surface area contributed by atoms with Crippen molar-refractivity contribution in [1.82, 2.24) is 5.32 Å². The third-order valence-electron chi connectivity index (χ3n) is 6.49.